The molecule has 0 amide bonds. The van der Waals surface area contributed by atoms with Gasteiger partial charge in [0.15, 0.2) is 0 Å². The minimum Gasteiger partial charge on any atom is -0.465 e. The lowest BCUT2D eigenvalue weighted by atomic mass is 10.1. The van der Waals surface area contributed by atoms with Crippen LogP contribution in [0.1, 0.15) is 43.8 Å². The molecule has 0 unspecified atom stereocenters. The Hall–Kier alpha value is -0.800. The third-order valence-electron chi connectivity index (χ3n) is 3.26. The topological polar surface area (TPSA) is 42.4 Å². The maximum atomic E-state index is 5.69. The Kier molecular flexibility index (Phi) is 5.03. The second-order valence-corrected chi connectivity index (χ2v) is 4.38. The van der Waals surface area contributed by atoms with Crippen LogP contribution < -0.4 is 5.73 Å². The van der Waals surface area contributed by atoms with Gasteiger partial charge in [0.2, 0.25) is 0 Å². The van der Waals surface area contributed by atoms with Crippen molar-refractivity contribution in [1.82, 2.24) is 4.90 Å². The molecule has 1 aromatic heterocycles. The molecule has 0 aliphatic carbocycles. The van der Waals surface area contributed by atoms with Crippen LogP contribution in [0.15, 0.2) is 10.5 Å². The highest BCUT2D eigenvalue weighted by Gasteiger charge is 2.13. The van der Waals surface area contributed by atoms with Gasteiger partial charge in [0.1, 0.15) is 11.5 Å². The maximum Gasteiger partial charge on any atom is 0.118 e. The van der Waals surface area contributed by atoms with E-state index < -0.39 is 0 Å². The molecular formula is C13H24N2O. The number of furan rings is 1. The van der Waals surface area contributed by atoms with Crippen molar-refractivity contribution >= 4 is 0 Å². The number of nitrogens with two attached hydrogens (primary N) is 1. The first-order valence-electron chi connectivity index (χ1n) is 6.10. The fourth-order valence-electron chi connectivity index (χ4n) is 2.16. The highest BCUT2D eigenvalue weighted by Crippen LogP contribution is 2.17. The molecule has 1 heterocycles. The van der Waals surface area contributed by atoms with E-state index in [1.807, 2.05) is 6.92 Å². The zero-order chi connectivity index (χ0) is 12.1. The molecule has 0 fully saturated rings. The van der Waals surface area contributed by atoms with Gasteiger partial charge in [-0.3, -0.25) is 4.90 Å². The second-order valence-electron chi connectivity index (χ2n) is 4.38. The lowest BCUT2D eigenvalue weighted by Crippen LogP contribution is -2.29. The standard InChI is InChI=1S/C13H24N2O/c1-5-12(6-2)15(4)9-13-7-11(8-14)10(3)16-13/h7,12H,5-6,8-9,14H2,1-4H3. The van der Waals surface area contributed by atoms with Crippen LogP contribution in [-0.2, 0) is 13.1 Å². The first-order chi connectivity index (χ1) is 7.62. The molecule has 0 radical (unpaired) electrons. The van der Waals surface area contributed by atoms with Gasteiger partial charge in [-0.25, -0.2) is 0 Å². The molecule has 0 aromatic carbocycles. The van der Waals surface area contributed by atoms with E-state index in [4.69, 9.17) is 10.2 Å². The molecule has 3 heteroatoms. The molecule has 0 atom stereocenters. The monoisotopic (exact) mass is 224 g/mol. The van der Waals surface area contributed by atoms with Crippen LogP contribution >= 0.6 is 0 Å². The molecule has 3 nitrogen and oxygen atoms in total. The fourth-order valence-corrected chi connectivity index (χ4v) is 2.16. The Labute approximate surface area is 98.6 Å². The molecule has 2 N–H and O–H groups in total. The van der Waals surface area contributed by atoms with Gasteiger partial charge in [0.25, 0.3) is 0 Å². The maximum absolute atomic E-state index is 5.69. The fraction of sp³-hybridized carbons (Fsp3) is 0.692. The molecule has 0 spiro atoms. The summed E-state index contributed by atoms with van der Waals surface area (Å²) in [5.41, 5.74) is 6.75. The van der Waals surface area contributed by atoms with Crippen molar-refractivity contribution in [2.24, 2.45) is 5.73 Å². The van der Waals surface area contributed by atoms with E-state index in [2.05, 4.69) is 31.9 Å². The molecule has 0 saturated carbocycles. The Morgan fingerprint density at radius 2 is 2.00 bits per heavy atom. The van der Waals surface area contributed by atoms with Crippen molar-refractivity contribution in [2.45, 2.75) is 52.7 Å². The molecular weight excluding hydrogens is 200 g/mol. The lowest BCUT2D eigenvalue weighted by Gasteiger charge is -2.24. The smallest absolute Gasteiger partial charge is 0.118 e. The normalized spacial score (nSPS) is 11.7. The van der Waals surface area contributed by atoms with Crippen LogP contribution in [0.25, 0.3) is 0 Å². The van der Waals surface area contributed by atoms with Gasteiger partial charge in [-0.1, -0.05) is 13.8 Å². The molecule has 0 aliphatic heterocycles. The van der Waals surface area contributed by atoms with Crippen molar-refractivity contribution in [3.63, 3.8) is 0 Å². The van der Waals surface area contributed by atoms with E-state index in [0.717, 1.165) is 23.6 Å². The molecule has 1 rings (SSSR count). The summed E-state index contributed by atoms with van der Waals surface area (Å²) >= 11 is 0. The summed E-state index contributed by atoms with van der Waals surface area (Å²) in [6.45, 7) is 7.85. The highest BCUT2D eigenvalue weighted by atomic mass is 16.3. The number of hydrogen-bond donors (Lipinski definition) is 1. The predicted molar refractivity (Wildman–Crippen MR) is 67.2 cm³/mol. The van der Waals surface area contributed by atoms with Crippen molar-refractivity contribution in [3.05, 3.63) is 23.2 Å². The first-order valence-corrected chi connectivity index (χ1v) is 6.10. The van der Waals surface area contributed by atoms with Gasteiger partial charge >= 0.3 is 0 Å². The second kappa shape index (κ2) is 6.06. The minimum atomic E-state index is 0.560. The van der Waals surface area contributed by atoms with E-state index in [-0.39, 0.29) is 0 Å². The summed E-state index contributed by atoms with van der Waals surface area (Å²) in [4.78, 5) is 2.35. The molecule has 16 heavy (non-hydrogen) atoms. The van der Waals surface area contributed by atoms with Gasteiger partial charge < -0.3 is 10.2 Å². The molecule has 0 saturated heterocycles. The van der Waals surface area contributed by atoms with Crippen molar-refractivity contribution in [2.75, 3.05) is 7.05 Å². The van der Waals surface area contributed by atoms with Crippen LogP contribution in [0.4, 0.5) is 0 Å². The average molecular weight is 224 g/mol. The predicted octanol–water partition coefficient (Wildman–Crippen LogP) is 2.67. The Morgan fingerprint density at radius 3 is 2.44 bits per heavy atom. The molecule has 0 aliphatic rings. The summed E-state index contributed by atoms with van der Waals surface area (Å²) < 4.78 is 5.69. The van der Waals surface area contributed by atoms with Gasteiger partial charge in [-0.15, -0.1) is 0 Å². The average Bonchev–Trinajstić information content (AvgIpc) is 2.60. The lowest BCUT2D eigenvalue weighted by molar-refractivity contribution is 0.204. The Morgan fingerprint density at radius 1 is 1.38 bits per heavy atom. The van der Waals surface area contributed by atoms with Crippen LogP contribution in [0.2, 0.25) is 0 Å². The first kappa shape index (κ1) is 13.3. The SMILES string of the molecule is CCC(CC)N(C)Cc1cc(CN)c(C)o1. The van der Waals surface area contributed by atoms with E-state index in [9.17, 15) is 0 Å². The molecule has 1 aromatic rings. The number of rotatable bonds is 6. The van der Waals surface area contributed by atoms with Crippen LogP contribution in [0, 0.1) is 6.92 Å². The van der Waals surface area contributed by atoms with E-state index in [1.54, 1.807) is 0 Å². The third kappa shape index (κ3) is 3.09. The van der Waals surface area contributed by atoms with Gasteiger partial charge in [-0.05, 0) is 32.9 Å². The van der Waals surface area contributed by atoms with Gasteiger partial charge in [-0.2, -0.15) is 0 Å². The zero-order valence-corrected chi connectivity index (χ0v) is 10.9. The van der Waals surface area contributed by atoms with Crippen molar-refractivity contribution < 1.29 is 4.42 Å². The van der Waals surface area contributed by atoms with E-state index in [1.165, 1.54) is 12.8 Å². The number of aryl methyl sites for hydroxylation is 1. The quantitative estimate of drug-likeness (QED) is 0.807. The Bertz CT molecular complexity index is 316. The number of nitrogens with zero attached hydrogens (tertiary/aromatic N) is 1. The molecule has 92 valence electrons. The summed E-state index contributed by atoms with van der Waals surface area (Å²) in [5.74, 6) is 1.97. The van der Waals surface area contributed by atoms with E-state index in [0.29, 0.717) is 12.6 Å². The summed E-state index contributed by atoms with van der Waals surface area (Å²) in [5, 5.41) is 0. The van der Waals surface area contributed by atoms with Crippen molar-refractivity contribution in [3.8, 4) is 0 Å². The van der Waals surface area contributed by atoms with Crippen LogP contribution in [0.5, 0.6) is 0 Å². The largest absolute Gasteiger partial charge is 0.465 e. The summed E-state index contributed by atoms with van der Waals surface area (Å²) in [6, 6.07) is 2.71. The highest BCUT2D eigenvalue weighted by molar-refractivity contribution is 5.20. The van der Waals surface area contributed by atoms with Crippen LogP contribution in [-0.4, -0.2) is 18.0 Å². The summed E-state index contributed by atoms with van der Waals surface area (Å²) in [7, 11) is 2.15. The van der Waals surface area contributed by atoms with Crippen molar-refractivity contribution in [1.29, 1.82) is 0 Å². The number of hydrogen-bond acceptors (Lipinski definition) is 3. The van der Waals surface area contributed by atoms with Gasteiger partial charge in [0.05, 0.1) is 6.54 Å². The molecule has 0 bridgehead atoms. The van der Waals surface area contributed by atoms with Crippen LogP contribution in [0.3, 0.4) is 0 Å². The zero-order valence-electron chi connectivity index (χ0n) is 10.9. The minimum absolute atomic E-state index is 0.560. The Balaban J connectivity index is 2.65. The van der Waals surface area contributed by atoms with Gasteiger partial charge in [0, 0.05) is 18.2 Å². The third-order valence-corrected chi connectivity index (χ3v) is 3.26. The summed E-state index contributed by atoms with van der Waals surface area (Å²) in [6.07, 6.45) is 2.35. The van der Waals surface area contributed by atoms with E-state index >= 15 is 0 Å².